The van der Waals surface area contributed by atoms with Crippen molar-refractivity contribution in [3.63, 3.8) is 0 Å². The molecule has 0 spiro atoms. The molecule has 0 fully saturated rings. The topological polar surface area (TPSA) is 53.4 Å². The van der Waals surface area contributed by atoms with Gasteiger partial charge in [-0.1, -0.05) is 11.6 Å². The van der Waals surface area contributed by atoms with E-state index in [0.717, 1.165) is 0 Å². The highest BCUT2D eigenvalue weighted by Gasteiger charge is 2.05. The van der Waals surface area contributed by atoms with E-state index in [1.165, 1.54) is 12.1 Å². The Balaban J connectivity index is 3.05. The first-order chi connectivity index (χ1) is 5.11. The van der Waals surface area contributed by atoms with E-state index in [1.807, 2.05) is 0 Å². The maximum Gasteiger partial charge on any atom is 0.171 e. The summed E-state index contributed by atoms with van der Waals surface area (Å²) < 4.78 is 0. The minimum atomic E-state index is -0.659. The van der Waals surface area contributed by atoms with Gasteiger partial charge < -0.3 is 10.2 Å². The van der Waals surface area contributed by atoms with E-state index in [4.69, 9.17) is 21.8 Å². The Bertz CT molecular complexity index is 263. The molecule has 0 bridgehead atoms. The number of aliphatic hydroxyl groups is 1. The normalized spacial score (nSPS) is 13.0. The van der Waals surface area contributed by atoms with Gasteiger partial charge in [0.05, 0.1) is 11.8 Å². The smallest absolute Gasteiger partial charge is 0.171 e. The van der Waals surface area contributed by atoms with Crippen molar-refractivity contribution < 1.29 is 10.2 Å². The third-order valence-corrected chi connectivity index (χ3v) is 1.56. The van der Waals surface area contributed by atoms with Crippen molar-refractivity contribution in [2.24, 2.45) is 0 Å². The van der Waals surface area contributed by atoms with Crippen LogP contribution in [0.15, 0.2) is 12.1 Å². The minimum Gasteiger partial charge on any atom is -0.505 e. The number of rotatable bonds is 1. The summed E-state index contributed by atoms with van der Waals surface area (Å²) in [4.78, 5) is 3.74. The van der Waals surface area contributed by atoms with Gasteiger partial charge in [-0.25, -0.2) is 4.98 Å². The maximum atomic E-state index is 9.04. The molecule has 0 radical (unpaired) electrons. The van der Waals surface area contributed by atoms with Gasteiger partial charge in [-0.3, -0.25) is 0 Å². The molecular formula is C7H8ClNO2. The third kappa shape index (κ3) is 1.82. The lowest BCUT2D eigenvalue weighted by Gasteiger charge is -2.03. The Morgan fingerprint density at radius 2 is 2.18 bits per heavy atom. The van der Waals surface area contributed by atoms with Crippen LogP contribution >= 0.6 is 11.6 Å². The van der Waals surface area contributed by atoms with Gasteiger partial charge in [0, 0.05) is 0 Å². The first kappa shape index (κ1) is 8.30. The second kappa shape index (κ2) is 3.07. The molecule has 3 nitrogen and oxygen atoms in total. The molecule has 0 aliphatic heterocycles. The predicted molar refractivity (Wildman–Crippen MR) is 41.5 cm³/mol. The molecule has 4 heteroatoms. The number of nitrogens with zero attached hydrogens (tertiary/aromatic N) is 1. The zero-order chi connectivity index (χ0) is 8.43. The van der Waals surface area contributed by atoms with Crippen molar-refractivity contribution in [3.8, 4) is 5.75 Å². The molecular weight excluding hydrogens is 166 g/mol. The summed E-state index contributed by atoms with van der Waals surface area (Å²) in [6.45, 7) is 1.58. The SMILES string of the molecule is CC(O)c1ccc(O)c(Cl)n1. The lowest BCUT2D eigenvalue weighted by Crippen LogP contribution is -1.94. The molecule has 0 saturated heterocycles. The molecule has 1 unspecified atom stereocenters. The second-order valence-corrected chi connectivity index (χ2v) is 2.58. The van der Waals surface area contributed by atoms with Gasteiger partial charge in [0.25, 0.3) is 0 Å². The van der Waals surface area contributed by atoms with Crippen LogP contribution in [-0.4, -0.2) is 15.2 Å². The van der Waals surface area contributed by atoms with Crippen LogP contribution in [0.25, 0.3) is 0 Å². The summed E-state index contributed by atoms with van der Waals surface area (Å²) in [6.07, 6.45) is -0.659. The zero-order valence-corrected chi connectivity index (χ0v) is 6.71. The number of hydrogen-bond acceptors (Lipinski definition) is 3. The average Bonchev–Trinajstić information content (AvgIpc) is 1.94. The van der Waals surface area contributed by atoms with E-state index in [2.05, 4.69) is 4.98 Å². The van der Waals surface area contributed by atoms with Crippen molar-refractivity contribution in [3.05, 3.63) is 23.0 Å². The van der Waals surface area contributed by atoms with Gasteiger partial charge in [-0.05, 0) is 19.1 Å². The summed E-state index contributed by atoms with van der Waals surface area (Å²) in [5, 5.41) is 18.0. The summed E-state index contributed by atoms with van der Waals surface area (Å²) in [6, 6.07) is 2.92. The van der Waals surface area contributed by atoms with Crippen LogP contribution in [0.4, 0.5) is 0 Å². The van der Waals surface area contributed by atoms with Crippen LogP contribution in [0.3, 0.4) is 0 Å². The summed E-state index contributed by atoms with van der Waals surface area (Å²) in [7, 11) is 0. The molecule has 0 amide bonds. The molecule has 0 saturated carbocycles. The van der Waals surface area contributed by atoms with Gasteiger partial charge in [0.1, 0.15) is 0 Å². The van der Waals surface area contributed by atoms with Crippen LogP contribution in [0.2, 0.25) is 5.15 Å². The van der Waals surface area contributed by atoms with Crippen molar-refractivity contribution in [2.45, 2.75) is 13.0 Å². The highest BCUT2D eigenvalue weighted by atomic mass is 35.5. The number of aromatic hydroxyl groups is 1. The fourth-order valence-corrected chi connectivity index (χ4v) is 0.834. The van der Waals surface area contributed by atoms with E-state index in [0.29, 0.717) is 5.69 Å². The van der Waals surface area contributed by atoms with Crippen LogP contribution in [-0.2, 0) is 0 Å². The standard InChI is InChI=1S/C7H8ClNO2/c1-4(10)5-2-3-6(11)7(8)9-5/h2-4,10-11H,1H3. The summed E-state index contributed by atoms with van der Waals surface area (Å²) in [5.74, 6) is -0.0731. The van der Waals surface area contributed by atoms with E-state index in [9.17, 15) is 0 Å². The Hall–Kier alpha value is -0.800. The molecule has 1 aromatic heterocycles. The first-order valence-corrected chi connectivity index (χ1v) is 3.52. The first-order valence-electron chi connectivity index (χ1n) is 3.14. The van der Waals surface area contributed by atoms with Crippen molar-refractivity contribution in [1.29, 1.82) is 0 Å². The quantitative estimate of drug-likeness (QED) is 0.633. The number of aromatic nitrogens is 1. The molecule has 0 aliphatic rings. The lowest BCUT2D eigenvalue weighted by molar-refractivity contribution is 0.194. The molecule has 2 N–H and O–H groups in total. The summed E-state index contributed by atoms with van der Waals surface area (Å²) >= 11 is 5.49. The minimum absolute atomic E-state index is 0.0170. The van der Waals surface area contributed by atoms with E-state index >= 15 is 0 Å². The second-order valence-electron chi connectivity index (χ2n) is 2.22. The number of aliphatic hydroxyl groups excluding tert-OH is 1. The van der Waals surface area contributed by atoms with Crippen molar-refractivity contribution in [2.75, 3.05) is 0 Å². The van der Waals surface area contributed by atoms with Gasteiger partial charge in [0.2, 0.25) is 0 Å². The van der Waals surface area contributed by atoms with Crippen LogP contribution in [0.1, 0.15) is 18.7 Å². The van der Waals surface area contributed by atoms with Crippen molar-refractivity contribution >= 4 is 11.6 Å². The highest BCUT2D eigenvalue weighted by molar-refractivity contribution is 6.30. The molecule has 1 atom stereocenters. The average molecular weight is 174 g/mol. The van der Waals surface area contributed by atoms with Crippen molar-refractivity contribution in [1.82, 2.24) is 4.98 Å². The molecule has 0 aliphatic carbocycles. The molecule has 1 heterocycles. The van der Waals surface area contributed by atoms with Gasteiger partial charge in [0.15, 0.2) is 10.9 Å². The van der Waals surface area contributed by atoms with Gasteiger partial charge in [-0.2, -0.15) is 0 Å². The maximum absolute atomic E-state index is 9.04. The molecule has 60 valence electrons. The fraction of sp³-hybridized carbons (Fsp3) is 0.286. The van der Waals surface area contributed by atoms with Crippen LogP contribution in [0.5, 0.6) is 5.75 Å². The van der Waals surface area contributed by atoms with Crippen LogP contribution in [0, 0.1) is 0 Å². The fourth-order valence-electron chi connectivity index (χ4n) is 0.674. The Labute approximate surface area is 69.3 Å². The number of halogens is 1. The lowest BCUT2D eigenvalue weighted by atomic mass is 10.2. The van der Waals surface area contributed by atoms with Gasteiger partial charge in [-0.15, -0.1) is 0 Å². The summed E-state index contributed by atoms with van der Waals surface area (Å²) in [5.41, 5.74) is 0.452. The monoisotopic (exact) mass is 173 g/mol. The number of pyridine rings is 1. The largest absolute Gasteiger partial charge is 0.505 e. The Morgan fingerprint density at radius 1 is 1.55 bits per heavy atom. The Morgan fingerprint density at radius 3 is 2.64 bits per heavy atom. The third-order valence-electron chi connectivity index (χ3n) is 1.28. The molecule has 0 aromatic carbocycles. The van der Waals surface area contributed by atoms with E-state index < -0.39 is 6.10 Å². The zero-order valence-electron chi connectivity index (χ0n) is 5.95. The molecule has 11 heavy (non-hydrogen) atoms. The van der Waals surface area contributed by atoms with E-state index in [-0.39, 0.29) is 10.9 Å². The predicted octanol–water partition coefficient (Wildman–Crippen LogP) is 1.49. The molecule has 1 rings (SSSR count). The van der Waals surface area contributed by atoms with Gasteiger partial charge >= 0.3 is 0 Å². The number of hydrogen-bond donors (Lipinski definition) is 2. The molecule has 1 aromatic rings. The Kier molecular flexibility index (Phi) is 2.31. The highest BCUT2D eigenvalue weighted by Crippen LogP contribution is 2.22. The van der Waals surface area contributed by atoms with E-state index in [1.54, 1.807) is 6.92 Å². The van der Waals surface area contributed by atoms with Crippen LogP contribution < -0.4 is 0 Å².